The van der Waals surface area contributed by atoms with Crippen LogP contribution in [0.5, 0.6) is 5.75 Å². The summed E-state index contributed by atoms with van der Waals surface area (Å²) in [5.41, 5.74) is 1.31. The minimum absolute atomic E-state index is 0.598. The van der Waals surface area contributed by atoms with E-state index in [0.717, 1.165) is 44.4 Å². The average molecular weight is 367 g/mol. The lowest BCUT2D eigenvalue weighted by atomic mass is 10.1. The Morgan fingerprint density at radius 3 is 2.56 bits per heavy atom. The Balaban J connectivity index is 1.42. The average Bonchev–Trinajstić information content (AvgIpc) is 3.20. The molecule has 0 radical (unpaired) electrons. The summed E-state index contributed by atoms with van der Waals surface area (Å²) in [4.78, 5) is 7.23. The van der Waals surface area contributed by atoms with Crippen molar-refractivity contribution in [1.82, 2.24) is 10.6 Å². The van der Waals surface area contributed by atoms with Crippen molar-refractivity contribution in [2.24, 2.45) is 10.9 Å². The summed E-state index contributed by atoms with van der Waals surface area (Å²) in [6.45, 7) is 7.30. The van der Waals surface area contributed by atoms with Gasteiger partial charge in [0, 0.05) is 31.9 Å². The van der Waals surface area contributed by atoms with E-state index in [1.54, 1.807) is 0 Å². The van der Waals surface area contributed by atoms with E-state index in [9.17, 15) is 0 Å². The number of anilines is 1. The maximum absolute atomic E-state index is 5.72. The van der Waals surface area contributed by atoms with Crippen molar-refractivity contribution < 1.29 is 4.74 Å². The van der Waals surface area contributed by atoms with Gasteiger partial charge in [-0.2, -0.15) is 0 Å². The van der Waals surface area contributed by atoms with Crippen LogP contribution in [0.2, 0.25) is 0 Å². The summed E-state index contributed by atoms with van der Waals surface area (Å²) in [6, 6.07) is 20.5. The minimum atomic E-state index is 0.598. The maximum Gasteiger partial charge on any atom is 0.191 e. The molecule has 1 heterocycles. The molecule has 1 saturated heterocycles. The Hall–Kier alpha value is -2.69. The molecule has 0 spiro atoms. The van der Waals surface area contributed by atoms with E-state index in [4.69, 9.17) is 9.73 Å². The molecule has 0 aliphatic carbocycles. The van der Waals surface area contributed by atoms with E-state index in [1.807, 2.05) is 30.3 Å². The van der Waals surface area contributed by atoms with Crippen molar-refractivity contribution in [3.8, 4) is 5.75 Å². The molecule has 1 aliphatic rings. The Labute approximate surface area is 162 Å². The summed E-state index contributed by atoms with van der Waals surface area (Å²) in [5.74, 6) is 2.36. The van der Waals surface area contributed by atoms with Crippen LogP contribution in [0, 0.1) is 5.92 Å². The number of hydrogen-bond acceptors (Lipinski definition) is 3. The fourth-order valence-corrected chi connectivity index (χ4v) is 3.27. The predicted octanol–water partition coefficient (Wildman–Crippen LogP) is 3.15. The third-order valence-electron chi connectivity index (χ3n) is 4.67. The highest BCUT2D eigenvalue weighted by Gasteiger charge is 2.22. The topological polar surface area (TPSA) is 48.9 Å². The van der Waals surface area contributed by atoms with E-state index in [-0.39, 0.29) is 0 Å². The van der Waals surface area contributed by atoms with Gasteiger partial charge in [0.2, 0.25) is 0 Å². The second-order valence-corrected chi connectivity index (χ2v) is 6.74. The number of nitrogens with one attached hydrogen (secondary N) is 2. The molecule has 2 N–H and O–H groups in total. The molecule has 1 aliphatic heterocycles. The van der Waals surface area contributed by atoms with Gasteiger partial charge in [-0.3, -0.25) is 4.99 Å². The normalized spacial score (nSPS) is 17.0. The lowest BCUT2D eigenvalue weighted by molar-refractivity contribution is 0.322. The molecule has 0 saturated carbocycles. The second kappa shape index (κ2) is 10.5. The molecule has 1 atom stereocenters. The van der Waals surface area contributed by atoms with Gasteiger partial charge in [-0.1, -0.05) is 36.4 Å². The summed E-state index contributed by atoms with van der Waals surface area (Å²) < 4.78 is 5.72. The Kier molecular flexibility index (Phi) is 7.39. The van der Waals surface area contributed by atoms with Crippen LogP contribution in [-0.4, -0.2) is 45.3 Å². The number of benzene rings is 2. The van der Waals surface area contributed by atoms with Crippen LogP contribution in [0.25, 0.3) is 0 Å². The predicted molar refractivity (Wildman–Crippen MR) is 113 cm³/mol. The zero-order valence-corrected chi connectivity index (χ0v) is 16.1. The van der Waals surface area contributed by atoms with Gasteiger partial charge in [-0.25, -0.2) is 0 Å². The van der Waals surface area contributed by atoms with Crippen molar-refractivity contribution in [2.45, 2.75) is 13.3 Å². The summed E-state index contributed by atoms with van der Waals surface area (Å²) in [5, 5.41) is 6.68. The SMILES string of the molecule is CCNC(=NCC1CCN(c2ccccc2)C1)NCCOc1ccccc1. The van der Waals surface area contributed by atoms with Crippen LogP contribution in [0.3, 0.4) is 0 Å². The van der Waals surface area contributed by atoms with E-state index in [1.165, 1.54) is 12.1 Å². The van der Waals surface area contributed by atoms with Gasteiger partial charge in [0.25, 0.3) is 0 Å². The summed E-state index contributed by atoms with van der Waals surface area (Å²) in [7, 11) is 0. The molecule has 5 nitrogen and oxygen atoms in total. The highest BCUT2D eigenvalue weighted by Crippen LogP contribution is 2.23. The van der Waals surface area contributed by atoms with E-state index in [2.05, 4.69) is 52.8 Å². The molecular weight excluding hydrogens is 336 g/mol. The molecular formula is C22H30N4O. The zero-order valence-electron chi connectivity index (χ0n) is 16.1. The molecule has 1 fully saturated rings. The van der Waals surface area contributed by atoms with Gasteiger partial charge >= 0.3 is 0 Å². The molecule has 2 aromatic rings. The minimum Gasteiger partial charge on any atom is -0.492 e. The third kappa shape index (κ3) is 6.20. The van der Waals surface area contributed by atoms with E-state index in [0.29, 0.717) is 12.5 Å². The van der Waals surface area contributed by atoms with Gasteiger partial charge in [-0.15, -0.1) is 0 Å². The molecule has 1 unspecified atom stereocenters. The summed E-state index contributed by atoms with van der Waals surface area (Å²) in [6.07, 6.45) is 1.19. The lowest BCUT2D eigenvalue weighted by Gasteiger charge is -2.18. The van der Waals surface area contributed by atoms with Crippen molar-refractivity contribution >= 4 is 11.6 Å². The van der Waals surface area contributed by atoms with Gasteiger partial charge in [-0.05, 0) is 43.5 Å². The fraction of sp³-hybridized carbons (Fsp3) is 0.409. The molecule has 144 valence electrons. The van der Waals surface area contributed by atoms with Crippen LogP contribution in [0.15, 0.2) is 65.7 Å². The molecule has 5 heteroatoms. The van der Waals surface area contributed by atoms with Crippen LogP contribution in [0.1, 0.15) is 13.3 Å². The van der Waals surface area contributed by atoms with Crippen molar-refractivity contribution in [3.05, 3.63) is 60.7 Å². The molecule has 3 rings (SSSR count). The first kappa shape index (κ1) is 19.1. The Morgan fingerprint density at radius 2 is 1.81 bits per heavy atom. The van der Waals surface area contributed by atoms with Crippen molar-refractivity contribution in [2.75, 3.05) is 44.2 Å². The van der Waals surface area contributed by atoms with Gasteiger partial charge < -0.3 is 20.3 Å². The standard InChI is InChI=1S/C22H30N4O/c1-2-23-22(24-14-16-27-21-11-7-4-8-12-21)25-17-19-13-15-26(18-19)20-9-5-3-6-10-20/h3-12,19H,2,13-18H2,1H3,(H2,23,24,25). The number of hydrogen-bond donors (Lipinski definition) is 2. The number of para-hydroxylation sites is 2. The summed E-state index contributed by atoms with van der Waals surface area (Å²) >= 11 is 0. The van der Waals surface area contributed by atoms with Crippen LogP contribution < -0.4 is 20.3 Å². The second-order valence-electron chi connectivity index (χ2n) is 6.74. The van der Waals surface area contributed by atoms with Crippen LogP contribution >= 0.6 is 0 Å². The quantitative estimate of drug-likeness (QED) is 0.428. The molecule has 0 amide bonds. The number of guanidine groups is 1. The number of nitrogens with zero attached hydrogens (tertiary/aromatic N) is 2. The monoisotopic (exact) mass is 366 g/mol. The highest BCUT2D eigenvalue weighted by atomic mass is 16.5. The lowest BCUT2D eigenvalue weighted by Crippen LogP contribution is -2.39. The molecule has 0 bridgehead atoms. The molecule has 2 aromatic carbocycles. The highest BCUT2D eigenvalue weighted by molar-refractivity contribution is 5.79. The zero-order chi connectivity index (χ0) is 18.7. The number of aliphatic imine (C=N–C) groups is 1. The van der Waals surface area contributed by atoms with Crippen LogP contribution in [0.4, 0.5) is 5.69 Å². The van der Waals surface area contributed by atoms with Gasteiger partial charge in [0.15, 0.2) is 5.96 Å². The van der Waals surface area contributed by atoms with E-state index < -0.39 is 0 Å². The van der Waals surface area contributed by atoms with Crippen LogP contribution in [-0.2, 0) is 0 Å². The van der Waals surface area contributed by atoms with Gasteiger partial charge in [0.1, 0.15) is 12.4 Å². The first-order valence-corrected chi connectivity index (χ1v) is 9.85. The number of ether oxygens (including phenoxy) is 1. The first-order valence-electron chi connectivity index (χ1n) is 9.85. The molecule has 27 heavy (non-hydrogen) atoms. The maximum atomic E-state index is 5.72. The van der Waals surface area contributed by atoms with Crippen molar-refractivity contribution in [3.63, 3.8) is 0 Å². The number of rotatable bonds is 8. The Morgan fingerprint density at radius 1 is 1.07 bits per heavy atom. The third-order valence-corrected chi connectivity index (χ3v) is 4.67. The smallest absolute Gasteiger partial charge is 0.191 e. The van der Waals surface area contributed by atoms with Crippen molar-refractivity contribution in [1.29, 1.82) is 0 Å². The fourth-order valence-electron chi connectivity index (χ4n) is 3.27. The Bertz CT molecular complexity index is 690. The largest absolute Gasteiger partial charge is 0.492 e. The van der Waals surface area contributed by atoms with E-state index >= 15 is 0 Å². The van der Waals surface area contributed by atoms with Gasteiger partial charge in [0.05, 0.1) is 6.54 Å². The molecule has 0 aromatic heterocycles. The first-order chi connectivity index (χ1) is 13.3.